The zero-order valence-corrected chi connectivity index (χ0v) is 8.40. The normalized spacial score (nSPS) is 24.3. The number of hydrogen-bond donors (Lipinski definition) is 3. The Bertz CT molecular complexity index is 295. The van der Waals surface area contributed by atoms with Gasteiger partial charge in [-0.25, -0.2) is 4.79 Å². The summed E-state index contributed by atoms with van der Waals surface area (Å²) in [4.78, 5) is 23.3. The van der Waals surface area contributed by atoms with E-state index < -0.39 is 17.5 Å². The van der Waals surface area contributed by atoms with E-state index in [4.69, 9.17) is 5.73 Å². The SMILES string of the molecule is NC(=O)NC(=O)CN1CC(O)(C2CC2)C1. The second-order valence-electron chi connectivity index (χ2n) is 4.44. The molecule has 0 aromatic rings. The molecule has 3 amide bonds. The molecule has 6 heteroatoms. The van der Waals surface area contributed by atoms with Gasteiger partial charge in [-0.15, -0.1) is 0 Å². The molecule has 2 fully saturated rings. The molecule has 6 nitrogen and oxygen atoms in total. The minimum Gasteiger partial charge on any atom is -0.387 e. The number of hydrogen-bond acceptors (Lipinski definition) is 4. The van der Waals surface area contributed by atoms with Gasteiger partial charge in [0, 0.05) is 13.1 Å². The number of nitrogens with two attached hydrogens (primary N) is 1. The fraction of sp³-hybridized carbons (Fsp3) is 0.778. The molecule has 1 heterocycles. The van der Waals surface area contributed by atoms with E-state index in [9.17, 15) is 14.7 Å². The summed E-state index contributed by atoms with van der Waals surface area (Å²) in [6.45, 7) is 1.16. The van der Waals surface area contributed by atoms with E-state index >= 15 is 0 Å². The minimum absolute atomic E-state index is 0.123. The van der Waals surface area contributed by atoms with Gasteiger partial charge in [-0.2, -0.15) is 0 Å². The van der Waals surface area contributed by atoms with Crippen molar-refractivity contribution in [2.24, 2.45) is 11.7 Å². The topological polar surface area (TPSA) is 95.7 Å². The Morgan fingerprint density at radius 2 is 2.07 bits per heavy atom. The summed E-state index contributed by atoms with van der Waals surface area (Å²) < 4.78 is 0. The molecule has 2 aliphatic rings. The van der Waals surface area contributed by atoms with E-state index in [0.29, 0.717) is 19.0 Å². The monoisotopic (exact) mass is 213 g/mol. The molecule has 1 saturated carbocycles. The van der Waals surface area contributed by atoms with Gasteiger partial charge in [-0.05, 0) is 18.8 Å². The second-order valence-corrected chi connectivity index (χ2v) is 4.44. The van der Waals surface area contributed by atoms with Crippen LogP contribution in [0, 0.1) is 5.92 Å². The fourth-order valence-corrected chi connectivity index (χ4v) is 2.10. The first kappa shape index (κ1) is 10.4. The summed E-state index contributed by atoms with van der Waals surface area (Å²) in [6.07, 6.45) is 2.16. The first-order valence-electron chi connectivity index (χ1n) is 5.04. The Labute approximate surface area is 87.4 Å². The summed E-state index contributed by atoms with van der Waals surface area (Å²) in [5.74, 6) is -0.00621. The van der Waals surface area contributed by atoms with Crippen molar-refractivity contribution in [2.45, 2.75) is 18.4 Å². The molecule has 1 aliphatic heterocycles. The molecule has 0 spiro atoms. The molecule has 0 atom stereocenters. The number of carbonyl (C=O) groups excluding carboxylic acids is 2. The zero-order chi connectivity index (χ0) is 11.1. The Morgan fingerprint density at radius 3 is 2.53 bits per heavy atom. The number of β-amino-alcohol motifs (C(OH)–C–C–N with tert-alkyl or cyclic N) is 1. The molecular weight excluding hydrogens is 198 g/mol. The molecule has 0 unspecified atom stereocenters. The van der Waals surface area contributed by atoms with Gasteiger partial charge in [-0.1, -0.05) is 0 Å². The molecule has 1 aliphatic carbocycles. The third-order valence-corrected chi connectivity index (χ3v) is 2.96. The maximum Gasteiger partial charge on any atom is 0.318 e. The van der Waals surface area contributed by atoms with Gasteiger partial charge in [0.2, 0.25) is 5.91 Å². The van der Waals surface area contributed by atoms with Crippen LogP contribution in [-0.2, 0) is 4.79 Å². The summed E-state index contributed by atoms with van der Waals surface area (Å²) in [5, 5.41) is 11.9. The van der Waals surface area contributed by atoms with Crippen molar-refractivity contribution in [1.82, 2.24) is 10.2 Å². The van der Waals surface area contributed by atoms with Crippen LogP contribution in [0.25, 0.3) is 0 Å². The van der Waals surface area contributed by atoms with E-state index in [1.165, 1.54) is 0 Å². The lowest BCUT2D eigenvalue weighted by atomic mass is 9.89. The number of primary amides is 1. The minimum atomic E-state index is -0.835. The number of imide groups is 1. The molecule has 0 bridgehead atoms. The van der Waals surface area contributed by atoms with Crippen LogP contribution in [-0.4, -0.2) is 47.2 Å². The average molecular weight is 213 g/mol. The highest BCUT2D eigenvalue weighted by atomic mass is 16.3. The van der Waals surface area contributed by atoms with Gasteiger partial charge in [0.1, 0.15) is 0 Å². The fourth-order valence-electron chi connectivity index (χ4n) is 2.10. The molecule has 0 aromatic carbocycles. The van der Waals surface area contributed by atoms with Crippen molar-refractivity contribution in [3.63, 3.8) is 0 Å². The third-order valence-electron chi connectivity index (χ3n) is 2.96. The van der Waals surface area contributed by atoms with Crippen LogP contribution in [0.4, 0.5) is 4.79 Å². The van der Waals surface area contributed by atoms with Gasteiger partial charge in [0.05, 0.1) is 12.1 Å². The Hall–Kier alpha value is -1.14. The van der Waals surface area contributed by atoms with Crippen LogP contribution >= 0.6 is 0 Å². The molecule has 2 rings (SSSR count). The highest BCUT2D eigenvalue weighted by Crippen LogP contribution is 2.44. The van der Waals surface area contributed by atoms with Crippen molar-refractivity contribution in [2.75, 3.05) is 19.6 Å². The maximum absolute atomic E-state index is 11.1. The Morgan fingerprint density at radius 1 is 1.47 bits per heavy atom. The van der Waals surface area contributed by atoms with Crippen molar-refractivity contribution in [3.05, 3.63) is 0 Å². The van der Waals surface area contributed by atoms with Crippen molar-refractivity contribution in [3.8, 4) is 0 Å². The summed E-state index contributed by atoms with van der Waals surface area (Å²) in [7, 11) is 0. The van der Waals surface area contributed by atoms with Gasteiger partial charge in [0.15, 0.2) is 0 Å². The summed E-state index contributed by atoms with van der Waals surface area (Å²) in [5.41, 5.74) is 4.21. The van der Waals surface area contributed by atoms with E-state index in [2.05, 4.69) is 0 Å². The number of nitrogens with one attached hydrogen (secondary N) is 1. The molecule has 4 N–H and O–H groups in total. The molecular formula is C9H15N3O3. The quantitative estimate of drug-likeness (QED) is 0.539. The van der Waals surface area contributed by atoms with Crippen LogP contribution in [0.1, 0.15) is 12.8 Å². The van der Waals surface area contributed by atoms with E-state index in [1.807, 2.05) is 5.32 Å². The van der Waals surface area contributed by atoms with Gasteiger partial charge < -0.3 is 10.8 Å². The van der Waals surface area contributed by atoms with E-state index in [-0.39, 0.29) is 6.54 Å². The molecule has 0 radical (unpaired) electrons. The number of amides is 3. The van der Waals surface area contributed by atoms with Crippen molar-refractivity contribution >= 4 is 11.9 Å². The van der Waals surface area contributed by atoms with Crippen LogP contribution in [0.5, 0.6) is 0 Å². The number of nitrogens with zero attached hydrogens (tertiary/aromatic N) is 1. The molecule has 1 saturated heterocycles. The zero-order valence-electron chi connectivity index (χ0n) is 8.40. The summed E-state index contributed by atoms with van der Waals surface area (Å²) in [6, 6.07) is -0.835. The maximum atomic E-state index is 11.1. The molecule has 84 valence electrons. The molecule has 15 heavy (non-hydrogen) atoms. The lowest BCUT2D eigenvalue weighted by Crippen LogP contribution is -2.64. The number of carbonyl (C=O) groups is 2. The Balaban J connectivity index is 1.71. The van der Waals surface area contributed by atoms with Crippen LogP contribution in [0.15, 0.2) is 0 Å². The average Bonchev–Trinajstić information content (AvgIpc) is 2.80. The van der Waals surface area contributed by atoms with E-state index in [1.54, 1.807) is 4.90 Å². The lowest BCUT2D eigenvalue weighted by Gasteiger charge is -2.46. The number of likely N-dealkylation sites (tertiary alicyclic amines) is 1. The van der Waals surface area contributed by atoms with Gasteiger partial charge in [-0.3, -0.25) is 15.0 Å². The van der Waals surface area contributed by atoms with Crippen molar-refractivity contribution < 1.29 is 14.7 Å². The predicted octanol–water partition coefficient (Wildman–Crippen LogP) is -1.36. The van der Waals surface area contributed by atoms with Gasteiger partial charge >= 0.3 is 6.03 Å². The first-order valence-corrected chi connectivity index (χ1v) is 5.04. The van der Waals surface area contributed by atoms with Crippen LogP contribution < -0.4 is 11.1 Å². The van der Waals surface area contributed by atoms with Crippen LogP contribution in [0.2, 0.25) is 0 Å². The number of urea groups is 1. The largest absolute Gasteiger partial charge is 0.387 e. The number of aliphatic hydroxyl groups is 1. The van der Waals surface area contributed by atoms with Crippen molar-refractivity contribution in [1.29, 1.82) is 0 Å². The standard InChI is InChI=1S/C9H15N3O3/c10-8(14)11-7(13)3-12-4-9(15,5-12)6-1-2-6/h6,15H,1-5H2,(H3,10,11,13,14). The predicted molar refractivity (Wildman–Crippen MR) is 51.8 cm³/mol. The van der Waals surface area contributed by atoms with E-state index in [0.717, 1.165) is 12.8 Å². The second kappa shape index (κ2) is 3.46. The lowest BCUT2D eigenvalue weighted by molar-refractivity contribution is -0.135. The number of rotatable bonds is 3. The Kier molecular flexibility index (Phi) is 2.40. The van der Waals surface area contributed by atoms with Crippen LogP contribution in [0.3, 0.4) is 0 Å². The summed E-state index contributed by atoms with van der Waals surface area (Å²) >= 11 is 0. The molecule has 0 aromatic heterocycles. The smallest absolute Gasteiger partial charge is 0.318 e. The third kappa shape index (κ3) is 2.27. The highest BCUT2D eigenvalue weighted by molar-refractivity contribution is 5.94. The van der Waals surface area contributed by atoms with Gasteiger partial charge in [0.25, 0.3) is 0 Å². The first-order chi connectivity index (χ1) is 6.99. The highest BCUT2D eigenvalue weighted by Gasteiger charge is 2.51.